The summed E-state index contributed by atoms with van der Waals surface area (Å²) in [5, 5.41) is 3.51. The monoisotopic (exact) mass is 267 g/mol. The number of halogens is 1. The fourth-order valence-corrected chi connectivity index (χ4v) is 2.83. The Balaban J connectivity index is 2.48. The standard InChI is InChI=1S/C13H18BrN/c1-13(2,3)11-8-15-7-10-9(11)5-4-6-12(10)14/h4-6,11,15H,7-8H2,1-3H3. The number of benzene rings is 1. The molecule has 2 heteroatoms. The molecule has 1 nitrogen and oxygen atoms in total. The van der Waals surface area contributed by atoms with E-state index in [-0.39, 0.29) is 0 Å². The minimum atomic E-state index is 0.322. The van der Waals surface area contributed by atoms with Crippen LogP contribution in [0, 0.1) is 5.41 Å². The highest BCUT2D eigenvalue weighted by atomic mass is 79.9. The fraction of sp³-hybridized carbons (Fsp3) is 0.538. The van der Waals surface area contributed by atoms with E-state index >= 15 is 0 Å². The first-order valence-corrected chi connectivity index (χ1v) is 6.27. The van der Waals surface area contributed by atoms with Crippen molar-refractivity contribution in [2.75, 3.05) is 6.54 Å². The van der Waals surface area contributed by atoms with Gasteiger partial charge in [-0.3, -0.25) is 0 Å². The summed E-state index contributed by atoms with van der Waals surface area (Å²) in [6.07, 6.45) is 0. The van der Waals surface area contributed by atoms with Gasteiger partial charge in [0.15, 0.2) is 0 Å². The largest absolute Gasteiger partial charge is 0.312 e. The molecule has 1 heterocycles. The first kappa shape index (κ1) is 11.2. The maximum atomic E-state index is 3.64. The predicted molar refractivity (Wildman–Crippen MR) is 68.0 cm³/mol. The second-order valence-electron chi connectivity index (χ2n) is 5.36. The zero-order valence-corrected chi connectivity index (χ0v) is 11.2. The molecule has 0 bridgehead atoms. The first-order valence-electron chi connectivity index (χ1n) is 5.48. The second kappa shape index (κ2) is 3.91. The topological polar surface area (TPSA) is 12.0 Å². The fourth-order valence-electron chi connectivity index (χ4n) is 2.31. The zero-order chi connectivity index (χ0) is 11.1. The molecule has 2 rings (SSSR count). The van der Waals surface area contributed by atoms with E-state index in [0.717, 1.165) is 13.1 Å². The minimum Gasteiger partial charge on any atom is -0.312 e. The summed E-state index contributed by atoms with van der Waals surface area (Å²) in [5.74, 6) is 0.610. The van der Waals surface area contributed by atoms with Crippen LogP contribution < -0.4 is 5.32 Å². The van der Waals surface area contributed by atoms with Gasteiger partial charge in [0.2, 0.25) is 0 Å². The molecule has 0 spiro atoms. The molecule has 0 radical (unpaired) electrons. The summed E-state index contributed by atoms with van der Waals surface area (Å²) in [5.41, 5.74) is 3.27. The molecule has 1 atom stereocenters. The van der Waals surface area contributed by atoms with Crippen LogP contribution in [0.2, 0.25) is 0 Å². The van der Waals surface area contributed by atoms with Crippen LogP contribution in [0.3, 0.4) is 0 Å². The van der Waals surface area contributed by atoms with Crippen LogP contribution in [-0.2, 0) is 6.54 Å². The number of hydrogen-bond donors (Lipinski definition) is 1. The van der Waals surface area contributed by atoms with Gasteiger partial charge in [-0.25, -0.2) is 0 Å². The molecule has 1 aliphatic heterocycles. The molecular weight excluding hydrogens is 250 g/mol. The lowest BCUT2D eigenvalue weighted by atomic mass is 9.73. The number of rotatable bonds is 0. The normalized spacial score (nSPS) is 21.2. The van der Waals surface area contributed by atoms with Crippen molar-refractivity contribution in [1.82, 2.24) is 5.32 Å². The van der Waals surface area contributed by atoms with Crippen molar-refractivity contribution in [3.8, 4) is 0 Å². The van der Waals surface area contributed by atoms with Gasteiger partial charge in [0.05, 0.1) is 0 Å². The van der Waals surface area contributed by atoms with Gasteiger partial charge >= 0.3 is 0 Å². The van der Waals surface area contributed by atoms with Crippen molar-refractivity contribution in [2.45, 2.75) is 33.2 Å². The molecule has 82 valence electrons. The van der Waals surface area contributed by atoms with Gasteiger partial charge in [-0.15, -0.1) is 0 Å². The molecule has 1 aromatic rings. The Morgan fingerprint density at radius 1 is 1.33 bits per heavy atom. The molecule has 0 aromatic heterocycles. The SMILES string of the molecule is CC(C)(C)C1CNCc2c(Br)cccc21. The number of fused-ring (bicyclic) bond motifs is 1. The summed E-state index contributed by atoms with van der Waals surface area (Å²) < 4.78 is 1.24. The van der Waals surface area contributed by atoms with Gasteiger partial charge < -0.3 is 5.32 Å². The Bertz CT molecular complexity index is 365. The summed E-state index contributed by atoms with van der Waals surface area (Å²) in [6, 6.07) is 6.55. The van der Waals surface area contributed by atoms with Gasteiger partial charge in [-0.05, 0) is 22.6 Å². The highest BCUT2D eigenvalue weighted by Gasteiger charge is 2.30. The van der Waals surface area contributed by atoms with Crippen LogP contribution >= 0.6 is 15.9 Å². The Morgan fingerprint density at radius 3 is 2.73 bits per heavy atom. The number of hydrogen-bond acceptors (Lipinski definition) is 1. The van der Waals surface area contributed by atoms with E-state index in [1.165, 1.54) is 15.6 Å². The Labute approximate surface area is 100 Å². The summed E-state index contributed by atoms with van der Waals surface area (Å²) in [6.45, 7) is 9.02. The van der Waals surface area contributed by atoms with Crippen LogP contribution in [0.1, 0.15) is 37.8 Å². The first-order chi connectivity index (χ1) is 7.00. The van der Waals surface area contributed by atoms with Gasteiger partial charge in [0, 0.05) is 23.5 Å². The molecule has 15 heavy (non-hydrogen) atoms. The molecule has 1 aliphatic rings. The average Bonchev–Trinajstić information content (AvgIpc) is 2.16. The molecule has 0 fully saturated rings. The smallest absolute Gasteiger partial charge is 0.0223 e. The third kappa shape index (κ3) is 2.11. The summed E-state index contributed by atoms with van der Waals surface area (Å²) in [7, 11) is 0. The number of nitrogens with one attached hydrogen (secondary N) is 1. The van der Waals surface area contributed by atoms with Gasteiger partial charge in [-0.2, -0.15) is 0 Å². The molecule has 1 unspecified atom stereocenters. The van der Waals surface area contributed by atoms with Gasteiger partial charge in [0.25, 0.3) is 0 Å². The minimum absolute atomic E-state index is 0.322. The maximum absolute atomic E-state index is 3.64. The van der Waals surface area contributed by atoms with E-state index in [4.69, 9.17) is 0 Å². The van der Waals surface area contributed by atoms with Crippen molar-refractivity contribution >= 4 is 15.9 Å². The van der Waals surface area contributed by atoms with Crippen molar-refractivity contribution in [1.29, 1.82) is 0 Å². The van der Waals surface area contributed by atoms with E-state index in [1.54, 1.807) is 0 Å². The van der Waals surface area contributed by atoms with E-state index in [0.29, 0.717) is 11.3 Å². The van der Waals surface area contributed by atoms with Gasteiger partial charge in [-0.1, -0.05) is 48.8 Å². The lowest BCUT2D eigenvalue weighted by Crippen LogP contribution is -2.35. The quantitative estimate of drug-likeness (QED) is 0.756. The lowest BCUT2D eigenvalue weighted by Gasteiger charge is -2.36. The summed E-state index contributed by atoms with van der Waals surface area (Å²) in [4.78, 5) is 0. The highest BCUT2D eigenvalue weighted by Crippen LogP contribution is 2.39. The zero-order valence-electron chi connectivity index (χ0n) is 9.60. The third-order valence-electron chi connectivity index (χ3n) is 3.23. The predicted octanol–water partition coefficient (Wildman–Crippen LogP) is 3.68. The Hall–Kier alpha value is -0.340. The molecule has 0 saturated heterocycles. The molecular formula is C13H18BrN. The lowest BCUT2D eigenvalue weighted by molar-refractivity contribution is 0.296. The molecule has 0 aliphatic carbocycles. The Morgan fingerprint density at radius 2 is 2.07 bits per heavy atom. The van der Waals surface area contributed by atoms with Crippen LogP contribution in [-0.4, -0.2) is 6.54 Å². The van der Waals surface area contributed by atoms with Gasteiger partial charge in [0.1, 0.15) is 0 Å². The second-order valence-corrected chi connectivity index (χ2v) is 6.21. The molecule has 0 saturated carbocycles. The van der Waals surface area contributed by atoms with Crippen LogP contribution in [0.5, 0.6) is 0 Å². The van der Waals surface area contributed by atoms with E-state index in [1.807, 2.05) is 0 Å². The van der Waals surface area contributed by atoms with Crippen molar-refractivity contribution in [2.24, 2.45) is 5.41 Å². The van der Waals surface area contributed by atoms with Crippen LogP contribution in [0.4, 0.5) is 0 Å². The van der Waals surface area contributed by atoms with Crippen molar-refractivity contribution in [3.63, 3.8) is 0 Å². The van der Waals surface area contributed by atoms with Crippen LogP contribution in [0.15, 0.2) is 22.7 Å². The van der Waals surface area contributed by atoms with Crippen LogP contribution in [0.25, 0.3) is 0 Å². The van der Waals surface area contributed by atoms with E-state index in [9.17, 15) is 0 Å². The van der Waals surface area contributed by atoms with E-state index < -0.39 is 0 Å². The summed E-state index contributed by atoms with van der Waals surface area (Å²) >= 11 is 3.64. The maximum Gasteiger partial charge on any atom is 0.0223 e. The Kier molecular flexibility index (Phi) is 2.91. The average molecular weight is 268 g/mol. The molecule has 1 N–H and O–H groups in total. The van der Waals surface area contributed by atoms with Crippen molar-refractivity contribution < 1.29 is 0 Å². The third-order valence-corrected chi connectivity index (χ3v) is 3.97. The molecule has 0 amide bonds. The highest BCUT2D eigenvalue weighted by molar-refractivity contribution is 9.10. The van der Waals surface area contributed by atoms with E-state index in [2.05, 4.69) is 60.2 Å². The molecule has 1 aromatic carbocycles. The van der Waals surface area contributed by atoms with Crippen molar-refractivity contribution in [3.05, 3.63) is 33.8 Å².